The van der Waals surface area contributed by atoms with E-state index in [-0.39, 0.29) is 5.54 Å². The fourth-order valence-electron chi connectivity index (χ4n) is 3.91. The maximum absolute atomic E-state index is 4.44. The van der Waals surface area contributed by atoms with Crippen LogP contribution in [0.2, 0.25) is 0 Å². The average molecular weight is 247 g/mol. The predicted octanol–water partition coefficient (Wildman–Crippen LogP) is 3.18. The van der Waals surface area contributed by atoms with Gasteiger partial charge in [-0.2, -0.15) is 0 Å². The number of hydrogen-bond acceptors (Lipinski definition) is 2. The van der Waals surface area contributed by atoms with Crippen LogP contribution < -0.4 is 0 Å². The zero-order valence-corrected chi connectivity index (χ0v) is 12.1. The largest absolute Gasteiger partial charge is 0.244 e. The summed E-state index contributed by atoms with van der Waals surface area (Å²) in [6.07, 6.45) is 6.36. The molecule has 3 rings (SSSR count). The first-order chi connectivity index (χ1) is 8.52. The molecule has 0 N–H and O–H groups in total. The second kappa shape index (κ2) is 4.07. The van der Waals surface area contributed by atoms with E-state index in [2.05, 4.69) is 42.7 Å². The third-order valence-corrected chi connectivity index (χ3v) is 4.89. The van der Waals surface area contributed by atoms with Crippen molar-refractivity contribution in [2.45, 2.75) is 65.3 Å². The minimum atomic E-state index is 0.0624. The highest BCUT2D eigenvalue weighted by Gasteiger charge is 2.48. The van der Waals surface area contributed by atoms with Gasteiger partial charge in [0.05, 0.1) is 16.9 Å². The van der Waals surface area contributed by atoms with Gasteiger partial charge in [-0.25, -0.2) is 4.68 Å². The molecule has 1 aromatic rings. The SMILES string of the molecule is CC[C@@H]1C2CCc3nnn(C(C)(C)C)c3CCC21. The molecule has 0 aromatic carbocycles. The predicted molar refractivity (Wildman–Crippen MR) is 72.4 cm³/mol. The van der Waals surface area contributed by atoms with E-state index >= 15 is 0 Å². The minimum Gasteiger partial charge on any atom is -0.244 e. The van der Waals surface area contributed by atoms with Crippen LogP contribution in [0.4, 0.5) is 0 Å². The van der Waals surface area contributed by atoms with Gasteiger partial charge in [-0.1, -0.05) is 18.6 Å². The Kier molecular flexibility index (Phi) is 2.76. The summed E-state index contributed by atoms with van der Waals surface area (Å²) in [7, 11) is 0. The number of nitrogens with zero attached hydrogens (tertiary/aromatic N) is 3. The van der Waals surface area contributed by atoms with Crippen LogP contribution in [-0.2, 0) is 18.4 Å². The van der Waals surface area contributed by atoms with Crippen LogP contribution in [0.15, 0.2) is 0 Å². The number of aromatic nitrogens is 3. The first kappa shape index (κ1) is 12.2. The molecular weight excluding hydrogens is 222 g/mol. The number of aryl methyl sites for hydroxylation is 1. The molecule has 1 saturated carbocycles. The van der Waals surface area contributed by atoms with E-state index in [1.54, 1.807) is 0 Å². The highest BCUT2D eigenvalue weighted by molar-refractivity contribution is 5.16. The van der Waals surface area contributed by atoms with Gasteiger partial charge in [-0.15, -0.1) is 5.10 Å². The smallest absolute Gasteiger partial charge is 0.0859 e. The number of hydrogen-bond donors (Lipinski definition) is 0. The van der Waals surface area contributed by atoms with Crippen LogP contribution in [0.1, 0.15) is 58.3 Å². The molecule has 0 radical (unpaired) electrons. The van der Waals surface area contributed by atoms with Gasteiger partial charge in [-0.3, -0.25) is 0 Å². The summed E-state index contributed by atoms with van der Waals surface area (Å²) >= 11 is 0. The maximum Gasteiger partial charge on any atom is 0.0859 e. The van der Waals surface area contributed by atoms with Gasteiger partial charge in [0.1, 0.15) is 0 Å². The monoisotopic (exact) mass is 247 g/mol. The molecule has 3 nitrogen and oxygen atoms in total. The maximum atomic E-state index is 4.44. The highest BCUT2D eigenvalue weighted by atomic mass is 15.5. The molecule has 1 heterocycles. The molecule has 0 bridgehead atoms. The van der Waals surface area contributed by atoms with Crippen LogP contribution in [0.3, 0.4) is 0 Å². The van der Waals surface area contributed by atoms with Crippen LogP contribution in [0.25, 0.3) is 0 Å². The van der Waals surface area contributed by atoms with Gasteiger partial charge in [0.25, 0.3) is 0 Å². The Morgan fingerprint density at radius 1 is 1.17 bits per heavy atom. The zero-order chi connectivity index (χ0) is 12.9. The van der Waals surface area contributed by atoms with Crippen LogP contribution >= 0.6 is 0 Å². The van der Waals surface area contributed by atoms with Crippen LogP contribution in [-0.4, -0.2) is 15.0 Å². The summed E-state index contributed by atoms with van der Waals surface area (Å²) in [5, 5.41) is 8.84. The van der Waals surface area contributed by atoms with Crippen LogP contribution in [0.5, 0.6) is 0 Å². The Labute approximate surface area is 110 Å². The molecule has 2 aliphatic rings. The summed E-state index contributed by atoms with van der Waals surface area (Å²) in [5.74, 6) is 2.99. The minimum absolute atomic E-state index is 0.0624. The Morgan fingerprint density at radius 2 is 1.83 bits per heavy atom. The standard InChI is InChI=1S/C15H25N3/c1-5-10-11-6-8-13-14(9-7-12(10)11)18(17-16-13)15(2,3)4/h10-12H,5-9H2,1-4H3/t10-,11?,12?/m1/s1. The second-order valence-electron chi connectivity index (χ2n) is 7.04. The average Bonchev–Trinajstić information content (AvgIpc) is 2.76. The second-order valence-corrected chi connectivity index (χ2v) is 7.04. The Morgan fingerprint density at radius 3 is 2.44 bits per heavy atom. The molecule has 1 aromatic heterocycles. The topological polar surface area (TPSA) is 30.7 Å². The normalized spacial score (nSPS) is 31.2. The summed E-state index contributed by atoms with van der Waals surface area (Å²) in [6.45, 7) is 9.00. The number of fused-ring (bicyclic) bond motifs is 2. The first-order valence-corrected chi connectivity index (χ1v) is 7.46. The summed E-state index contributed by atoms with van der Waals surface area (Å²) in [4.78, 5) is 0. The fourth-order valence-corrected chi connectivity index (χ4v) is 3.91. The fraction of sp³-hybridized carbons (Fsp3) is 0.867. The van der Waals surface area contributed by atoms with Crippen molar-refractivity contribution in [2.24, 2.45) is 17.8 Å². The van der Waals surface area contributed by atoms with E-state index in [0.29, 0.717) is 0 Å². The van der Waals surface area contributed by atoms with Gasteiger partial charge in [0.15, 0.2) is 0 Å². The first-order valence-electron chi connectivity index (χ1n) is 7.46. The van der Waals surface area contributed by atoms with E-state index in [4.69, 9.17) is 0 Å². The quantitative estimate of drug-likeness (QED) is 0.763. The lowest BCUT2D eigenvalue weighted by Gasteiger charge is -2.22. The van der Waals surface area contributed by atoms with Gasteiger partial charge in [0.2, 0.25) is 0 Å². The van der Waals surface area contributed by atoms with E-state index in [1.807, 2.05) is 0 Å². The molecule has 0 amide bonds. The summed E-state index contributed by atoms with van der Waals surface area (Å²) in [5.41, 5.74) is 2.74. The van der Waals surface area contributed by atoms with Gasteiger partial charge < -0.3 is 0 Å². The molecule has 3 heteroatoms. The molecule has 2 unspecified atom stereocenters. The lowest BCUT2D eigenvalue weighted by atomic mass is 10.00. The highest BCUT2D eigenvalue weighted by Crippen LogP contribution is 2.54. The molecule has 100 valence electrons. The molecule has 1 fully saturated rings. The molecule has 18 heavy (non-hydrogen) atoms. The lowest BCUT2D eigenvalue weighted by molar-refractivity contribution is 0.333. The van der Waals surface area contributed by atoms with Crippen molar-refractivity contribution in [3.05, 3.63) is 11.4 Å². The van der Waals surface area contributed by atoms with Crippen molar-refractivity contribution in [3.8, 4) is 0 Å². The van der Waals surface area contributed by atoms with Gasteiger partial charge in [0, 0.05) is 0 Å². The van der Waals surface area contributed by atoms with Crippen LogP contribution in [0, 0.1) is 17.8 Å². The molecule has 2 aliphatic carbocycles. The van der Waals surface area contributed by atoms with Crippen molar-refractivity contribution in [2.75, 3.05) is 0 Å². The molecular formula is C15H25N3. The third-order valence-electron chi connectivity index (χ3n) is 4.89. The molecule has 0 aliphatic heterocycles. The van der Waals surface area contributed by atoms with Crippen molar-refractivity contribution < 1.29 is 0 Å². The Bertz CT molecular complexity index is 441. The molecule has 0 saturated heterocycles. The van der Waals surface area contributed by atoms with E-state index < -0.39 is 0 Å². The molecule has 3 atom stereocenters. The third kappa shape index (κ3) is 1.88. The van der Waals surface area contributed by atoms with E-state index in [1.165, 1.54) is 37.1 Å². The number of rotatable bonds is 1. The zero-order valence-electron chi connectivity index (χ0n) is 12.1. The van der Waals surface area contributed by atoms with Crippen molar-refractivity contribution in [1.82, 2.24) is 15.0 Å². The van der Waals surface area contributed by atoms with Gasteiger partial charge >= 0.3 is 0 Å². The Balaban J connectivity index is 1.85. The molecule has 0 spiro atoms. The van der Waals surface area contributed by atoms with Crippen molar-refractivity contribution >= 4 is 0 Å². The van der Waals surface area contributed by atoms with Crippen molar-refractivity contribution in [1.29, 1.82) is 0 Å². The van der Waals surface area contributed by atoms with E-state index in [9.17, 15) is 0 Å². The lowest BCUT2D eigenvalue weighted by Crippen LogP contribution is -2.26. The summed E-state index contributed by atoms with van der Waals surface area (Å²) < 4.78 is 2.16. The Hall–Kier alpha value is -0.860. The van der Waals surface area contributed by atoms with Crippen molar-refractivity contribution in [3.63, 3.8) is 0 Å². The van der Waals surface area contributed by atoms with Gasteiger partial charge in [-0.05, 0) is 64.2 Å². The summed E-state index contributed by atoms with van der Waals surface area (Å²) in [6, 6.07) is 0. The van der Waals surface area contributed by atoms with E-state index in [0.717, 1.165) is 24.2 Å².